The number of amides is 4. The summed E-state index contributed by atoms with van der Waals surface area (Å²) in [5.41, 5.74) is 7.40. The predicted octanol–water partition coefficient (Wildman–Crippen LogP) is 2.00. The van der Waals surface area contributed by atoms with E-state index in [1.165, 1.54) is 6.33 Å². The highest BCUT2D eigenvalue weighted by molar-refractivity contribution is 7.90. The highest BCUT2D eigenvalue weighted by Gasteiger charge is 2.34. The average Bonchev–Trinajstić information content (AvgIpc) is 3.71. The number of aromatic nitrogens is 2. The van der Waals surface area contributed by atoms with E-state index < -0.39 is 57.4 Å². The molecule has 2 saturated carbocycles. The van der Waals surface area contributed by atoms with E-state index in [0.717, 1.165) is 56.9 Å². The molecule has 16 heteroatoms. The second-order valence-electron chi connectivity index (χ2n) is 15.8. The van der Waals surface area contributed by atoms with Crippen LogP contribution in [0.2, 0.25) is 0 Å². The van der Waals surface area contributed by atoms with Crippen molar-refractivity contribution in [2.75, 3.05) is 19.6 Å². The Morgan fingerprint density at radius 3 is 2.15 bits per heavy atom. The molecule has 55 heavy (non-hydrogen) atoms. The first-order valence-electron chi connectivity index (χ1n) is 20.2. The van der Waals surface area contributed by atoms with Crippen molar-refractivity contribution in [3.05, 3.63) is 54.1 Å². The van der Waals surface area contributed by atoms with Gasteiger partial charge in [0, 0.05) is 51.1 Å². The number of carbonyl (C=O) groups is 3. The van der Waals surface area contributed by atoms with Gasteiger partial charge in [-0.1, -0.05) is 81.7 Å². The van der Waals surface area contributed by atoms with E-state index in [1.54, 1.807) is 11.1 Å². The molecule has 0 radical (unpaired) electrons. The number of hydrogen-bond donors (Lipinski definition) is 8. The second kappa shape index (κ2) is 21.1. The van der Waals surface area contributed by atoms with Crippen LogP contribution in [-0.4, -0.2) is 113 Å². The van der Waals surface area contributed by atoms with Crippen molar-refractivity contribution in [1.82, 2.24) is 35.5 Å². The fraction of sp³-hybridized carbons (Fsp3) is 0.692. The van der Waals surface area contributed by atoms with E-state index in [9.17, 15) is 33.0 Å². The number of imidazole rings is 1. The number of rotatable bonds is 18. The topological polar surface area (TPSA) is 232 Å². The first-order chi connectivity index (χ1) is 26.5. The van der Waals surface area contributed by atoms with Gasteiger partial charge in [0.1, 0.15) is 12.1 Å². The lowest BCUT2D eigenvalue weighted by molar-refractivity contribution is -0.131. The highest BCUT2D eigenvalue weighted by Crippen LogP contribution is 2.29. The lowest BCUT2D eigenvalue weighted by Gasteiger charge is -2.33. The Bertz CT molecular complexity index is 1580. The Labute approximate surface area is 325 Å². The van der Waals surface area contributed by atoms with Gasteiger partial charge in [-0.3, -0.25) is 9.59 Å². The third kappa shape index (κ3) is 13.6. The number of nitrogens with two attached hydrogens (primary N) is 1. The first-order valence-corrected chi connectivity index (χ1v) is 21.8. The molecule has 3 fully saturated rings. The number of piperidine rings is 1. The summed E-state index contributed by atoms with van der Waals surface area (Å²) in [4.78, 5) is 50.5. The number of carbonyl (C=O) groups excluding carboxylic acids is 3. The molecule has 1 aromatic carbocycles. The molecule has 306 valence electrons. The molecule has 0 spiro atoms. The van der Waals surface area contributed by atoms with E-state index >= 15 is 0 Å². The zero-order valence-corrected chi connectivity index (χ0v) is 32.7. The third-order valence-electron chi connectivity index (χ3n) is 11.5. The van der Waals surface area contributed by atoms with Gasteiger partial charge < -0.3 is 41.8 Å². The van der Waals surface area contributed by atoms with Gasteiger partial charge in [-0.2, -0.15) is 0 Å². The van der Waals surface area contributed by atoms with Gasteiger partial charge in [0.25, 0.3) is 0 Å². The Kier molecular flexibility index (Phi) is 16.3. The minimum atomic E-state index is -3.61. The van der Waals surface area contributed by atoms with Gasteiger partial charge in [-0.05, 0) is 43.6 Å². The molecular weight excluding hydrogens is 725 g/mol. The van der Waals surface area contributed by atoms with Crippen LogP contribution in [0.15, 0.2) is 42.9 Å². The number of aromatic amines is 1. The van der Waals surface area contributed by atoms with Crippen molar-refractivity contribution >= 4 is 27.9 Å². The predicted molar refractivity (Wildman–Crippen MR) is 209 cm³/mol. The Balaban J connectivity index is 1.29. The van der Waals surface area contributed by atoms with E-state index in [1.807, 2.05) is 30.3 Å². The molecule has 3 aliphatic rings. The first kappa shape index (κ1) is 42.6. The molecule has 5 rings (SSSR count). The van der Waals surface area contributed by atoms with Crippen LogP contribution >= 0.6 is 0 Å². The number of nitrogens with one attached hydrogen (secondary N) is 5. The lowest BCUT2D eigenvalue weighted by atomic mass is 9.83. The summed E-state index contributed by atoms with van der Waals surface area (Å²) >= 11 is 0. The zero-order chi connectivity index (χ0) is 39.2. The number of sulfonamides is 1. The van der Waals surface area contributed by atoms with Gasteiger partial charge in [-0.25, -0.2) is 22.9 Å². The summed E-state index contributed by atoms with van der Waals surface area (Å²) in [6.07, 6.45) is 11.6. The number of aliphatic hydroxyl groups is 2. The number of hydrogen-bond acceptors (Lipinski definition) is 9. The molecule has 2 aliphatic carbocycles. The minimum Gasteiger partial charge on any atom is -0.392 e. The van der Waals surface area contributed by atoms with E-state index in [4.69, 9.17) is 5.73 Å². The van der Waals surface area contributed by atoms with Gasteiger partial charge in [0.05, 0.1) is 35.5 Å². The maximum atomic E-state index is 14.2. The second-order valence-corrected chi connectivity index (χ2v) is 17.9. The fourth-order valence-electron chi connectivity index (χ4n) is 8.10. The maximum absolute atomic E-state index is 14.2. The van der Waals surface area contributed by atoms with Crippen LogP contribution in [0.3, 0.4) is 0 Å². The summed E-state index contributed by atoms with van der Waals surface area (Å²) in [6, 6.07) is 6.06. The normalized spacial score (nSPS) is 20.5. The van der Waals surface area contributed by atoms with Crippen LogP contribution in [0.25, 0.3) is 0 Å². The van der Waals surface area contributed by atoms with Gasteiger partial charge in [-0.15, -0.1) is 0 Å². The Hall–Kier alpha value is -3.57. The minimum absolute atomic E-state index is 0.0246. The summed E-state index contributed by atoms with van der Waals surface area (Å²) in [5, 5.41) is 30.7. The van der Waals surface area contributed by atoms with Gasteiger partial charge in [0.15, 0.2) is 0 Å². The number of urea groups is 1. The van der Waals surface area contributed by atoms with Crippen molar-refractivity contribution < 1.29 is 33.0 Å². The Morgan fingerprint density at radius 2 is 1.49 bits per heavy atom. The van der Waals surface area contributed by atoms with Crippen molar-refractivity contribution in [1.29, 1.82) is 0 Å². The Morgan fingerprint density at radius 1 is 0.855 bits per heavy atom. The molecule has 5 atom stereocenters. The average molecular weight is 787 g/mol. The van der Waals surface area contributed by atoms with Crippen LogP contribution in [0.4, 0.5) is 4.79 Å². The van der Waals surface area contributed by atoms with Crippen LogP contribution in [-0.2, 0) is 32.5 Å². The molecule has 1 saturated heterocycles. The molecule has 15 nitrogen and oxygen atoms in total. The van der Waals surface area contributed by atoms with E-state index in [0.29, 0.717) is 50.9 Å². The molecule has 0 bridgehead atoms. The molecule has 2 aromatic rings. The standard InChI is InChI=1S/C39H62N8O7S/c40-29-16-18-47(19-17-29)39(52)46-34(21-28-12-6-2-7-13-28)37(50)45-35(22-30-24-41-26-42-30)38(51)44-33(20-27-10-4-1-5-11-27)36(49)23-31(48)25-43-55(53,54)32-14-8-3-9-15-32/h2,6-7,12-13,24,26-27,29,31-36,43,48-49H,1,3-5,8-11,14-23,25,40H2,(H,41,42)(H,44,51)(H,45,50)(H,46,52)/t31-,33+,34+,35+,36+/m1/s1. The third-order valence-corrected chi connectivity index (χ3v) is 13.4. The van der Waals surface area contributed by atoms with Crippen LogP contribution in [0.5, 0.6) is 0 Å². The number of H-pyrrole nitrogens is 1. The van der Waals surface area contributed by atoms with Crippen LogP contribution in [0, 0.1) is 5.92 Å². The van der Waals surface area contributed by atoms with Crippen LogP contribution in [0.1, 0.15) is 101 Å². The molecule has 9 N–H and O–H groups in total. The van der Waals surface area contributed by atoms with Gasteiger partial charge >= 0.3 is 6.03 Å². The smallest absolute Gasteiger partial charge is 0.318 e. The highest BCUT2D eigenvalue weighted by atomic mass is 32.2. The van der Waals surface area contributed by atoms with Crippen molar-refractivity contribution in [2.24, 2.45) is 11.7 Å². The number of benzene rings is 1. The quantitative estimate of drug-likeness (QED) is 0.110. The van der Waals surface area contributed by atoms with E-state index in [-0.39, 0.29) is 43.8 Å². The zero-order valence-electron chi connectivity index (χ0n) is 31.9. The summed E-state index contributed by atoms with van der Waals surface area (Å²) in [5.74, 6) is -0.852. The summed E-state index contributed by atoms with van der Waals surface area (Å²) in [6.45, 7) is 0.710. The largest absolute Gasteiger partial charge is 0.392 e. The summed E-state index contributed by atoms with van der Waals surface area (Å²) < 4.78 is 28.4. The number of likely N-dealkylation sites (tertiary alicyclic amines) is 1. The van der Waals surface area contributed by atoms with E-state index in [2.05, 4.69) is 30.6 Å². The maximum Gasteiger partial charge on any atom is 0.318 e. The number of aliphatic hydroxyl groups excluding tert-OH is 2. The SMILES string of the molecule is NC1CCN(C(=O)N[C@@H](Cc2ccccc2)C(=O)N[C@@H](Cc2c[nH]cn2)C(=O)N[C@@H](CC2CCCCC2)[C@@H](O)C[C@@H](O)CNS(=O)(=O)C2CCCCC2)CC1. The molecule has 0 unspecified atom stereocenters. The molecule has 2 heterocycles. The van der Waals surface area contributed by atoms with Crippen molar-refractivity contribution in [2.45, 2.75) is 144 Å². The van der Waals surface area contributed by atoms with Crippen molar-refractivity contribution in [3.63, 3.8) is 0 Å². The monoisotopic (exact) mass is 786 g/mol. The molecule has 4 amide bonds. The van der Waals surface area contributed by atoms with Gasteiger partial charge in [0.2, 0.25) is 21.8 Å². The fourth-order valence-corrected chi connectivity index (χ4v) is 9.72. The molecule has 1 aliphatic heterocycles. The van der Waals surface area contributed by atoms with Crippen molar-refractivity contribution in [3.8, 4) is 0 Å². The molecule has 1 aromatic heterocycles. The summed E-state index contributed by atoms with van der Waals surface area (Å²) in [7, 11) is -3.61. The van der Waals surface area contributed by atoms with Crippen LogP contribution < -0.4 is 26.4 Å². The number of nitrogens with zero attached hydrogens (tertiary/aromatic N) is 2. The lowest BCUT2D eigenvalue weighted by Crippen LogP contribution is -2.59. The molecular formula is C39H62N8O7S.